The van der Waals surface area contributed by atoms with Crippen molar-refractivity contribution < 1.29 is 33.2 Å². The van der Waals surface area contributed by atoms with Crippen LogP contribution in [0.5, 0.6) is 0 Å². The van der Waals surface area contributed by atoms with E-state index in [1.807, 2.05) is 30.3 Å². The maximum Gasteiger partial charge on any atom is 0.408 e. The highest BCUT2D eigenvalue weighted by molar-refractivity contribution is 5.69. The molecule has 5 atom stereocenters. The van der Waals surface area contributed by atoms with Crippen molar-refractivity contribution in [2.45, 2.75) is 76.0 Å². The molecule has 9 nitrogen and oxygen atoms in total. The lowest BCUT2D eigenvalue weighted by atomic mass is 9.87. The van der Waals surface area contributed by atoms with Crippen molar-refractivity contribution in [2.75, 3.05) is 6.61 Å². The highest BCUT2D eigenvalue weighted by atomic mass is 16.8. The molecule has 4 rings (SSSR count). The normalized spacial score (nSPS) is 36.1. The summed E-state index contributed by atoms with van der Waals surface area (Å²) in [5.41, 5.74) is -0.757. The summed E-state index contributed by atoms with van der Waals surface area (Å²) in [6.45, 7) is 7.25. The molecule has 1 aromatic rings. The van der Waals surface area contributed by atoms with Gasteiger partial charge >= 0.3 is 6.09 Å². The number of benzene rings is 1. The van der Waals surface area contributed by atoms with E-state index in [-0.39, 0.29) is 13.2 Å². The molecule has 1 amide bonds. The fourth-order valence-corrected chi connectivity index (χ4v) is 4.02. The number of fused-ring (bicyclic) bond motifs is 1. The van der Waals surface area contributed by atoms with Crippen molar-refractivity contribution in [3.63, 3.8) is 0 Å². The van der Waals surface area contributed by atoms with Crippen LogP contribution in [0.2, 0.25) is 0 Å². The summed E-state index contributed by atoms with van der Waals surface area (Å²) in [7, 11) is 0. The standard InChI is InChI=1S/C21H26N2O7/c1-19(2)26-11-14(28-19)15-21(12-22,16-17(27-15)30-20(3,4)29-16)23-18(24)25-10-13-8-6-5-7-9-13/h5-9,14-17H,10-11H2,1-4H3,(H,23,24)/t14-,15-,16+,17-,21-/m1/s1. The Morgan fingerprint density at radius 2 is 1.87 bits per heavy atom. The molecule has 1 N–H and O–H groups in total. The molecule has 3 aliphatic heterocycles. The van der Waals surface area contributed by atoms with Crippen LogP contribution in [-0.2, 0) is 35.0 Å². The van der Waals surface area contributed by atoms with Gasteiger partial charge in [-0.1, -0.05) is 30.3 Å². The minimum absolute atomic E-state index is 0.0622. The highest BCUT2D eigenvalue weighted by Crippen LogP contribution is 2.45. The molecular weight excluding hydrogens is 392 g/mol. The Labute approximate surface area is 175 Å². The molecule has 0 unspecified atom stereocenters. The molecule has 3 heterocycles. The van der Waals surface area contributed by atoms with E-state index in [1.54, 1.807) is 27.7 Å². The summed E-state index contributed by atoms with van der Waals surface area (Å²) in [5, 5.41) is 12.9. The van der Waals surface area contributed by atoms with E-state index in [0.29, 0.717) is 0 Å². The summed E-state index contributed by atoms with van der Waals surface area (Å²) >= 11 is 0. The molecule has 0 aliphatic carbocycles. The van der Waals surface area contributed by atoms with E-state index in [9.17, 15) is 10.1 Å². The average Bonchev–Trinajstić information content (AvgIpc) is 3.29. The topological polar surface area (TPSA) is 108 Å². The SMILES string of the molecule is CC1(C)OC[C@H]([C@H]2O[C@@H]3OC(C)(C)O[C@@H]3[C@]2(C#N)NC(=O)OCc2ccccc2)O1. The molecule has 162 valence electrons. The molecule has 3 saturated heterocycles. The van der Waals surface area contributed by atoms with Gasteiger partial charge in [-0.2, -0.15) is 5.26 Å². The van der Waals surface area contributed by atoms with E-state index in [1.165, 1.54) is 0 Å². The van der Waals surface area contributed by atoms with E-state index >= 15 is 0 Å². The molecule has 1 aromatic carbocycles. The van der Waals surface area contributed by atoms with Crippen molar-refractivity contribution in [3.8, 4) is 6.07 Å². The first-order chi connectivity index (χ1) is 14.1. The van der Waals surface area contributed by atoms with Gasteiger partial charge in [0.15, 0.2) is 29.5 Å². The van der Waals surface area contributed by atoms with Crippen LogP contribution >= 0.6 is 0 Å². The van der Waals surface area contributed by atoms with Gasteiger partial charge in [-0.05, 0) is 33.3 Å². The van der Waals surface area contributed by atoms with Crippen LogP contribution in [0.1, 0.15) is 33.3 Å². The van der Waals surface area contributed by atoms with Crippen molar-refractivity contribution in [1.82, 2.24) is 5.32 Å². The number of hydrogen-bond donors (Lipinski definition) is 1. The van der Waals surface area contributed by atoms with Crippen LogP contribution in [0.3, 0.4) is 0 Å². The number of ether oxygens (including phenoxy) is 6. The maximum atomic E-state index is 12.7. The molecule has 0 spiro atoms. The summed E-state index contributed by atoms with van der Waals surface area (Å²) in [6.07, 6.45) is -3.94. The molecule has 9 heteroatoms. The zero-order valence-electron chi connectivity index (χ0n) is 17.4. The third-order valence-electron chi connectivity index (χ3n) is 5.31. The Morgan fingerprint density at radius 1 is 1.13 bits per heavy atom. The second kappa shape index (κ2) is 7.48. The Kier molecular flexibility index (Phi) is 5.24. The Bertz CT molecular complexity index is 838. The number of hydrogen-bond acceptors (Lipinski definition) is 8. The quantitative estimate of drug-likeness (QED) is 0.793. The van der Waals surface area contributed by atoms with Gasteiger partial charge in [0.05, 0.1) is 12.7 Å². The number of carbonyl (C=O) groups is 1. The van der Waals surface area contributed by atoms with E-state index in [2.05, 4.69) is 11.4 Å². The Balaban J connectivity index is 1.55. The largest absolute Gasteiger partial charge is 0.445 e. The van der Waals surface area contributed by atoms with Crippen molar-refractivity contribution in [2.24, 2.45) is 0 Å². The molecule has 0 saturated carbocycles. The predicted octanol–water partition coefficient (Wildman–Crippen LogP) is 2.20. The van der Waals surface area contributed by atoms with Crippen molar-refractivity contribution in [1.29, 1.82) is 5.26 Å². The molecule has 30 heavy (non-hydrogen) atoms. The first kappa shape index (κ1) is 21.0. The lowest BCUT2D eigenvalue weighted by molar-refractivity contribution is -0.227. The first-order valence-electron chi connectivity index (χ1n) is 9.87. The van der Waals surface area contributed by atoms with Crippen LogP contribution in [0.15, 0.2) is 30.3 Å². The van der Waals surface area contributed by atoms with E-state index < -0.39 is 47.8 Å². The summed E-state index contributed by atoms with van der Waals surface area (Å²) in [5.74, 6) is -1.80. The predicted molar refractivity (Wildman–Crippen MR) is 102 cm³/mol. The van der Waals surface area contributed by atoms with Gasteiger partial charge in [-0.3, -0.25) is 5.32 Å². The summed E-state index contributed by atoms with van der Waals surface area (Å²) in [6, 6.07) is 11.4. The zero-order chi connectivity index (χ0) is 21.6. The van der Waals surface area contributed by atoms with Gasteiger partial charge in [-0.25, -0.2) is 4.79 Å². The third kappa shape index (κ3) is 3.89. The van der Waals surface area contributed by atoms with Crippen molar-refractivity contribution in [3.05, 3.63) is 35.9 Å². The first-order valence-corrected chi connectivity index (χ1v) is 9.87. The van der Waals surface area contributed by atoms with Crippen LogP contribution in [0.25, 0.3) is 0 Å². The van der Waals surface area contributed by atoms with Crippen LogP contribution < -0.4 is 5.32 Å². The van der Waals surface area contributed by atoms with Gasteiger partial charge in [0.2, 0.25) is 0 Å². The fourth-order valence-electron chi connectivity index (χ4n) is 4.02. The van der Waals surface area contributed by atoms with Gasteiger partial charge in [0.1, 0.15) is 18.8 Å². The minimum Gasteiger partial charge on any atom is -0.445 e. The number of amides is 1. The molecule has 0 radical (unpaired) electrons. The molecule has 3 aliphatic rings. The van der Waals surface area contributed by atoms with Crippen LogP contribution in [-0.4, -0.2) is 54.4 Å². The van der Waals surface area contributed by atoms with Gasteiger partial charge < -0.3 is 28.4 Å². The van der Waals surface area contributed by atoms with Gasteiger partial charge in [0, 0.05) is 0 Å². The lowest BCUT2D eigenvalue weighted by Crippen LogP contribution is -2.63. The third-order valence-corrected chi connectivity index (χ3v) is 5.31. The number of nitrogens with zero attached hydrogens (tertiary/aromatic N) is 1. The van der Waals surface area contributed by atoms with E-state index in [4.69, 9.17) is 28.4 Å². The number of nitrogens with one attached hydrogen (secondary N) is 1. The molecule has 0 aromatic heterocycles. The Morgan fingerprint density at radius 3 is 2.50 bits per heavy atom. The van der Waals surface area contributed by atoms with E-state index in [0.717, 1.165) is 5.56 Å². The van der Waals surface area contributed by atoms with Crippen LogP contribution in [0.4, 0.5) is 4.79 Å². The minimum atomic E-state index is -1.58. The fraction of sp³-hybridized carbons (Fsp3) is 0.619. The highest BCUT2D eigenvalue weighted by Gasteiger charge is 2.68. The Hall–Kier alpha value is -2.22. The van der Waals surface area contributed by atoms with Crippen molar-refractivity contribution >= 4 is 6.09 Å². The second-order valence-electron chi connectivity index (χ2n) is 8.52. The number of alkyl carbamates (subject to hydrolysis) is 1. The number of nitriles is 1. The zero-order valence-corrected chi connectivity index (χ0v) is 17.4. The summed E-state index contributed by atoms with van der Waals surface area (Å²) < 4.78 is 34.7. The molecule has 3 fully saturated rings. The smallest absolute Gasteiger partial charge is 0.408 e. The second-order valence-corrected chi connectivity index (χ2v) is 8.52. The summed E-state index contributed by atoms with van der Waals surface area (Å²) in [4.78, 5) is 12.7. The lowest BCUT2D eigenvalue weighted by Gasteiger charge is -2.35. The monoisotopic (exact) mass is 418 g/mol. The number of carbonyl (C=O) groups excluding carboxylic acids is 1. The maximum absolute atomic E-state index is 12.7. The number of rotatable bonds is 4. The molecular formula is C21H26N2O7. The average molecular weight is 418 g/mol. The van der Waals surface area contributed by atoms with Gasteiger partial charge in [0.25, 0.3) is 0 Å². The molecule has 0 bridgehead atoms. The van der Waals surface area contributed by atoms with Gasteiger partial charge in [-0.15, -0.1) is 0 Å². The van der Waals surface area contributed by atoms with Crippen LogP contribution in [0, 0.1) is 11.3 Å².